The number of carboxylic acids is 1. The van der Waals surface area contributed by atoms with Crippen molar-refractivity contribution >= 4 is 23.8 Å². The molecule has 0 saturated heterocycles. The number of hydrogen-bond donors (Lipinski definition) is 4. The van der Waals surface area contributed by atoms with Gasteiger partial charge in [-0.2, -0.15) is 11.8 Å². The number of hydrogen-bond acceptors (Lipinski definition) is 5. The molecule has 0 aromatic rings. The Morgan fingerprint density at radius 3 is 2.06 bits per heavy atom. The quantitative estimate of drug-likeness (QED) is 0.319. The van der Waals surface area contributed by atoms with Crippen molar-refractivity contribution in [3.63, 3.8) is 0 Å². The molecule has 0 spiro atoms. The summed E-state index contributed by atoms with van der Waals surface area (Å²) in [7, 11) is 0. The van der Waals surface area contributed by atoms with E-state index in [4.69, 9.17) is 21.8 Å². The van der Waals surface area contributed by atoms with E-state index in [9.17, 15) is 9.59 Å². The van der Waals surface area contributed by atoms with Gasteiger partial charge in [-0.1, -0.05) is 13.8 Å². The van der Waals surface area contributed by atoms with Gasteiger partial charge in [-0.25, -0.2) is 15.6 Å². The lowest BCUT2D eigenvalue weighted by atomic mass is 10.2. The standard InChI is InChI=1S/C5H12N2O2.C5H11NO2S/c1-4(2)3-7(6)5(8)9;1-9-3-2-4(6)5(7)8/h4H,3,6H2,1-2H3,(H,8,9);4H,2-3,6H2,1H3,(H,7,8)/t;4-/m.0/s1. The highest BCUT2D eigenvalue weighted by Crippen LogP contribution is 1.97. The normalized spacial score (nSPS) is 11.4. The number of amides is 1. The summed E-state index contributed by atoms with van der Waals surface area (Å²) < 4.78 is 0. The number of thioether (sulfide) groups is 1. The van der Waals surface area contributed by atoms with Gasteiger partial charge in [0.2, 0.25) is 0 Å². The van der Waals surface area contributed by atoms with E-state index in [0.29, 0.717) is 13.0 Å². The van der Waals surface area contributed by atoms with Gasteiger partial charge < -0.3 is 15.9 Å². The smallest absolute Gasteiger partial charge is 0.421 e. The first kappa shape index (κ1) is 19.4. The summed E-state index contributed by atoms with van der Waals surface area (Å²) in [6, 6.07) is -0.683. The average Bonchev–Trinajstić information content (AvgIpc) is 2.25. The van der Waals surface area contributed by atoms with E-state index in [1.165, 1.54) is 0 Å². The van der Waals surface area contributed by atoms with Crippen LogP contribution in [0.5, 0.6) is 0 Å². The van der Waals surface area contributed by atoms with Crippen molar-refractivity contribution in [3.8, 4) is 0 Å². The molecule has 0 unspecified atom stereocenters. The lowest BCUT2D eigenvalue weighted by Gasteiger charge is -2.13. The molecule has 0 bridgehead atoms. The van der Waals surface area contributed by atoms with Crippen molar-refractivity contribution in [2.75, 3.05) is 18.6 Å². The first-order valence-corrected chi connectivity index (χ1v) is 6.84. The maximum absolute atomic E-state index is 10.1. The van der Waals surface area contributed by atoms with Crippen LogP contribution < -0.4 is 11.6 Å². The molecule has 0 aliphatic heterocycles. The van der Waals surface area contributed by atoms with Gasteiger partial charge in [-0.05, 0) is 24.3 Å². The predicted octanol–water partition coefficient (Wildman–Crippen LogP) is 0.648. The van der Waals surface area contributed by atoms with E-state index in [-0.39, 0.29) is 5.92 Å². The minimum absolute atomic E-state index is 0.283. The molecule has 1 atom stereocenters. The van der Waals surface area contributed by atoms with Crippen LogP contribution in [0.4, 0.5) is 4.79 Å². The molecule has 0 fully saturated rings. The van der Waals surface area contributed by atoms with E-state index in [2.05, 4.69) is 0 Å². The molecule has 108 valence electrons. The van der Waals surface area contributed by atoms with Crippen LogP contribution in [0.1, 0.15) is 20.3 Å². The number of hydrazine groups is 1. The summed E-state index contributed by atoms with van der Waals surface area (Å²) in [6.07, 6.45) is 1.40. The average molecular weight is 281 g/mol. The minimum atomic E-state index is -1.08. The van der Waals surface area contributed by atoms with Crippen molar-refractivity contribution in [3.05, 3.63) is 0 Å². The van der Waals surface area contributed by atoms with Crippen molar-refractivity contribution in [2.24, 2.45) is 17.5 Å². The third kappa shape index (κ3) is 13.1. The monoisotopic (exact) mass is 281 g/mol. The first-order chi connectivity index (χ1) is 8.22. The second-order valence-corrected chi connectivity index (χ2v) is 5.04. The zero-order valence-electron chi connectivity index (χ0n) is 11.0. The van der Waals surface area contributed by atoms with Gasteiger partial charge in [0.1, 0.15) is 6.04 Å². The lowest BCUT2D eigenvalue weighted by Crippen LogP contribution is -2.38. The largest absolute Gasteiger partial charge is 0.480 e. The SMILES string of the molecule is CC(C)CN(N)C(=O)O.CSCC[C@H](N)C(=O)O. The molecule has 0 aromatic carbocycles. The van der Waals surface area contributed by atoms with Crippen LogP contribution in [0.3, 0.4) is 0 Å². The predicted molar refractivity (Wildman–Crippen MR) is 72.4 cm³/mol. The Balaban J connectivity index is 0. The second-order valence-electron chi connectivity index (χ2n) is 4.05. The molecule has 0 saturated carbocycles. The second kappa shape index (κ2) is 11.1. The van der Waals surface area contributed by atoms with Crippen molar-refractivity contribution in [1.82, 2.24) is 5.01 Å². The zero-order valence-corrected chi connectivity index (χ0v) is 11.8. The fourth-order valence-electron chi connectivity index (χ4n) is 0.840. The van der Waals surface area contributed by atoms with E-state index >= 15 is 0 Å². The van der Waals surface area contributed by atoms with Crippen molar-refractivity contribution in [2.45, 2.75) is 26.3 Å². The Morgan fingerprint density at radius 2 is 1.83 bits per heavy atom. The van der Waals surface area contributed by atoms with Gasteiger partial charge in [0.15, 0.2) is 0 Å². The van der Waals surface area contributed by atoms with Crippen LogP contribution in [0.25, 0.3) is 0 Å². The summed E-state index contributed by atoms with van der Waals surface area (Å²) in [5.74, 6) is 5.23. The number of carbonyl (C=O) groups is 2. The minimum Gasteiger partial charge on any atom is -0.480 e. The summed E-state index contributed by atoms with van der Waals surface area (Å²) in [5.41, 5.74) is 5.19. The van der Waals surface area contributed by atoms with E-state index in [1.807, 2.05) is 20.1 Å². The third-order valence-corrected chi connectivity index (χ3v) is 2.40. The molecule has 1 amide bonds. The highest BCUT2D eigenvalue weighted by molar-refractivity contribution is 7.98. The molecule has 0 radical (unpaired) electrons. The van der Waals surface area contributed by atoms with Gasteiger partial charge in [0.05, 0.1) is 0 Å². The number of rotatable bonds is 6. The summed E-state index contributed by atoms with van der Waals surface area (Å²) >= 11 is 1.60. The van der Waals surface area contributed by atoms with E-state index < -0.39 is 18.1 Å². The Morgan fingerprint density at radius 1 is 1.33 bits per heavy atom. The van der Waals surface area contributed by atoms with Gasteiger partial charge >= 0.3 is 12.1 Å². The van der Waals surface area contributed by atoms with Crippen LogP contribution in [-0.2, 0) is 4.79 Å². The van der Waals surface area contributed by atoms with Crippen LogP contribution >= 0.6 is 11.8 Å². The van der Waals surface area contributed by atoms with Gasteiger partial charge in [0.25, 0.3) is 0 Å². The Labute approximate surface area is 111 Å². The fraction of sp³-hybridized carbons (Fsp3) is 0.800. The van der Waals surface area contributed by atoms with E-state index in [1.54, 1.807) is 11.8 Å². The molecule has 7 nitrogen and oxygen atoms in total. The molecule has 8 heteroatoms. The van der Waals surface area contributed by atoms with Crippen LogP contribution in [0.15, 0.2) is 0 Å². The highest BCUT2D eigenvalue weighted by atomic mass is 32.2. The van der Waals surface area contributed by atoms with Crippen LogP contribution in [-0.4, -0.2) is 51.9 Å². The van der Waals surface area contributed by atoms with Gasteiger partial charge in [0, 0.05) is 6.54 Å². The molecule has 18 heavy (non-hydrogen) atoms. The van der Waals surface area contributed by atoms with Crippen LogP contribution in [0, 0.1) is 5.92 Å². The topological polar surface area (TPSA) is 130 Å². The lowest BCUT2D eigenvalue weighted by molar-refractivity contribution is -0.138. The first-order valence-electron chi connectivity index (χ1n) is 5.44. The molecule has 0 heterocycles. The molecule has 0 aliphatic carbocycles. The maximum atomic E-state index is 10.1. The van der Waals surface area contributed by atoms with Gasteiger partial charge in [-0.3, -0.25) is 4.79 Å². The molecule has 0 aromatic heterocycles. The van der Waals surface area contributed by atoms with Crippen molar-refractivity contribution in [1.29, 1.82) is 0 Å². The van der Waals surface area contributed by atoms with Crippen LogP contribution in [0.2, 0.25) is 0 Å². The summed E-state index contributed by atoms with van der Waals surface area (Å²) in [6.45, 7) is 4.20. The third-order valence-electron chi connectivity index (χ3n) is 1.76. The zero-order chi connectivity index (χ0) is 14.7. The Kier molecular flexibility index (Phi) is 12.0. The number of aliphatic carboxylic acids is 1. The number of nitrogens with two attached hydrogens (primary N) is 2. The molecule has 6 N–H and O–H groups in total. The molecule has 0 aliphatic rings. The Bertz CT molecular complexity index is 251. The fourth-order valence-corrected chi connectivity index (χ4v) is 1.33. The number of carboxylic acid groups (broad SMARTS) is 2. The highest BCUT2D eigenvalue weighted by Gasteiger charge is 2.09. The summed E-state index contributed by atoms with van der Waals surface area (Å²) in [4.78, 5) is 20.1. The maximum Gasteiger partial charge on any atom is 0.421 e. The summed E-state index contributed by atoms with van der Waals surface area (Å²) in [5, 5.41) is 17.3. The Hall–Kier alpha value is -0.990. The molecule has 0 rings (SSSR count). The molecular formula is C10H23N3O4S. The van der Waals surface area contributed by atoms with Gasteiger partial charge in [-0.15, -0.1) is 0 Å². The molecular weight excluding hydrogens is 258 g/mol. The van der Waals surface area contributed by atoms with Crippen molar-refractivity contribution < 1.29 is 19.8 Å². The number of nitrogens with zero attached hydrogens (tertiary/aromatic N) is 1. The van der Waals surface area contributed by atoms with E-state index in [0.717, 1.165) is 10.8 Å².